The zero-order valence-corrected chi connectivity index (χ0v) is 23.2. The smallest absolute Gasteiger partial charge is 0.145 e. The summed E-state index contributed by atoms with van der Waals surface area (Å²) in [5, 5.41) is 0. The van der Waals surface area contributed by atoms with E-state index in [2.05, 4.69) is 147 Å². The maximum absolute atomic E-state index is 5.24. The van der Waals surface area contributed by atoms with E-state index in [1.807, 2.05) is 0 Å². The van der Waals surface area contributed by atoms with Crippen LogP contribution < -0.4 is 9.80 Å². The van der Waals surface area contributed by atoms with Crippen LogP contribution in [0.25, 0.3) is 28.1 Å². The summed E-state index contributed by atoms with van der Waals surface area (Å²) in [6, 6.07) is 32.8. The summed E-state index contributed by atoms with van der Waals surface area (Å²) in [5.41, 5.74) is 10.9. The molecule has 192 valence electrons. The van der Waals surface area contributed by atoms with Gasteiger partial charge in [0.05, 0.1) is 28.1 Å². The van der Waals surface area contributed by atoms with E-state index in [1.54, 1.807) is 0 Å². The molecular weight excluding hydrogens is 464 g/mol. The van der Waals surface area contributed by atoms with Gasteiger partial charge in [-0.25, -0.2) is 4.98 Å². The molecule has 5 aromatic rings. The fourth-order valence-corrected chi connectivity index (χ4v) is 5.91. The van der Waals surface area contributed by atoms with Crippen LogP contribution in [-0.4, -0.2) is 22.8 Å². The van der Waals surface area contributed by atoms with Crippen LogP contribution in [0.3, 0.4) is 0 Å². The fourth-order valence-electron chi connectivity index (χ4n) is 5.91. The Labute approximate surface area is 226 Å². The predicted molar refractivity (Wildman–Crippen MR) is 161 cm³/mol. The third-order valence-corrected chi connectivity index (χ3v) is 7.96. The number of hydrogen-bond donors (Lipinski definition) is 0. The highest BCUT2D eigenvalue weighted by Gasteiger charge is 2.31. The van der Waals surface area contributed by atoms with E-state index in [0.29, 0.717) is 11.8 Å². The van der Waals surface area contributed by atoms with Crippen molar-refractivity contribution in [3.05, 3.63) is 102 Å². The standard InChI is InChI=1S/C34H36N4/c1-22(2)27-15-12-16-28(23(3)4)33(27)38-30-18-8-7-17-29(30)35-34(38)25-13-11-14-26(21-25)37-24(5)36(6)31-19-9-10-20-32(31)37/h7-24H,1-6H3/t24-/m0/s1. The van der Waals surface area contributed by atoms with Gasteiger partial charge < -0.3 is 9.80 Å². The van der Waals surface area contributed by atoms with Gasteiger partial charge in [0.15, 0.2) is 0 Å². The van der Waals surface area contributed by atoms with Crippen molar-refractivity contribution in [2.24, 2.45) is 0 Å². The molecule has 4 nitrogen and oxygen atoms in total. The Kier molecular flexibility index (Phi) is 5.98. The van der Waals surface area contributed by atoms with Crippen molar-refractivity contribution in [1.29, 1.82) is 0 Å². The molecule has 0 N–H and O–H groups in total. The number of imidazole rings is 1. The van der Waals surface area contributed by atoms with Gasteiger partial charge in [-0.05, 0) is 66.3 Å². The molecule has 38 heavy (non-hydrogen) atoms. The number of benzene rings is 4. The molecule has 0 saturated heterocycles. The summed E-state index contributed by atoms with van der Waals surface area (Å²) < 4.78 is 2.41. The maximum Gasteiger partial charge on any atom is 0.145 e. The molecule has 0 spiro atoms. The van der Waals surface area contributed by atoms with Crippen LogP contribution >= 0.6 is 0 Å². The van der Waals surface area contributed by atoms with Gasteiger partial charge >= 0.3 is 0 Å². The minimum absolute atomic E-state index is 0.218. The molecule has 6 rings (SSSR count). The lowest BCUT2D eigenvalue weighted by molar-refractivity contribution is 0.734. The van der Waals surface area contributed by atoms with Crippen molar-refractivity contribution < 1.29 is 0 Å². The molecule has 4 aromatic carbocycles. The van der Waals surface area contributed by atoms with Crippen molar-refractivity contribution in [1.82, 2.24) is 9.55 Å². The summed E-state index contributed by atoms with van der Waals surface area (Å²) in [6.07, 6.45) is 0.218. The van der Waals surface area contributed by atoms with Gasteiger partial charge in [0.1, 0.15) is 12.0 Å². The Morgan fingerprint density at radius 1 is 0.711 bits per heavy atom. The highest BCUT2D eigenvalue weighted by Crippen LogP contribution is 2.44. The summed E-state index contributed by atoms with van der Waals surface area (Å²) >= 11 is 0. The van der Waals surface area contributed by atoms with Crippen molar-refractivity contribution in [2.75, 3.05) is 16.8 Å². The molecule has 1 aliphatic rings. The molecule has 2 heterocycles. The Bertz CT molecular complexity index is 1600. The zero-order chi connectivity index (χ0) is 26.6. The number of nitrogens with zero attached hydrogens (tertiary/aromatic N) is 4. The first-order chi connectivity index (χ1) is 18.4. The second-order valence-corrected chi connectivity index (χ2v) is 11.0. The van der Waals surface area contributed by atoms with Crippen LogP contribution in [0.2, 0.25) is 0 Å². The minimum Gasteiger partial charge on any atom is -0.353 e. The SMILES string of the molecule is CC(C)c1cccc(C(C)C)c1-n1c(-c2cccc(N3c4ccccc4N(C)[C@@H]3C)c2)nc2ccccc21. The first-order valence-corrected chi connectivity index (χ1v) is 13.7. The van der Waals surface area contributed by atoms with Gasteiger partial charge in [0, 0.05) is 18.3 Å². The van der Waals surface area contributed by atoms with Crippen LogP contribution in [0.5, 0.6) is 0 Å². The zero-order valence-electron chi connectivity index (χ0n) is 23.2. The van der Waals surface area contributed by atoms with Gasteiger partial charge in [-0.3, -0.25) is 4.57 Å². The second-order valence-electron chi connectivity index (χ2n) is 11.0. The van der Waals surface area contributed by atoms with E-state index < -0.39 is 0 Å². The Hall–Kier alpha value is -4.05. The van der Waals surface area contributed by atoms with Gasteiger partial charge in [-0.15, -0.1) is 0 Å². The van der Waals surface area contributed by atoms with E-state index in [0.717, 1.165) is 22.4 Å². The lowest BCUT2D eigenvalue weighted by Crippen LogP contribution is -2.35. The number of hydrogen-bond acceptors (Lipinski definition) is 3. The van der Waals surface area contributed by atoms with Crippen LogP contribution in [0.15, 0.2) is 91.0 Å². The summed E-state index contributed by atoms with van der Waals surface area (Å²) in [7, 11) is 2.17. The Morgan fingerprint density at radius 2 is 1.34 bits per heavy atom. The molecule has 1 aromatic heterocycles. The topological polar surface area (TPSA) is 24.3 Å². The third kappa shape index (κ3) is 3.78. The highest BCUT2D eigenvalue weighted by molar-refractivity contribution is 5.87. The number of anilines is 3. The van der Waals surface area contributed by atoms with Crippen molar-refractivity contribution >= 4 is 28.1 Å². The Morgan fingerprint density at radius 3 is 2.05 bits per heavy atom. The summed E-state index contributed by atoms with van der Waals surface area (Å²) in [5.74, 6) is 1.76. The molecular formula is C34H36N4. The maximum atomic E-state index is 5.24. The lowest BCUT2D eigenvalue weighted by Gasteiger charge is -2.28. The lowest BCUT2D eigenvalue weighted by atomic mass is 9.92. The molecule has 0 bridgehead atoms. The van der Waals surface area contributed by atoms with Gasteiger partial charge in [-0.1, -0.05) is 82.3 Å². The third-order valence-electron chi connectivity index (χ3n) is 7.96. The first-order valence-electron chi connectivity index (χ1n) is 13.7. The Balaban J connectivity index is 1.60. The van der Waals surface area contributed by atoms with E-state index in [1.165, 1.54) is 33.9 Å². The normalized spacial score (nSPS) is 15.2. The quantitative estimate of drug-likeness (QED) is 0.241. The molecule has 4 heteroatoms. The molecule has 0 radical (unpaired) electrons. The highest BCUT2D eigenvalue weighted by atomic mass is 15.4. The van der Waals surface area contributed by atoms with E-state index in [-0.39, 0.29) is 6.17 Å². The monoisotopic (exact) mass is 500 g/mol. The van der Waals surface area contributed by atoms with Crippen molar-refractivity contribution in [3.8, 4) is 17.1 Å². The van der Waals surface area contributed by atoms with Gasteiger partial charge in [0.25, 0.3) is 0 Å². The van der Waals surface area contributed by atoms with Crippen molar-refractivity contribution in [2.45, 2.75) is 52.6 Å². The molecule has 0 aliphatic carbocycles. The average Bonchev–Trinajstić information content (AvgIpc) is 3.43. The molecule has 1 aliphatic heterocycles. The van der Waals surface area contributed by atoms with E-state index in [4.69, 9.17) is 4.98 Å². The first kappa shape index (κ1) is 24.3. The number of para-hydroxylation sites is 5. The van der Waals surface area contributed by atoms with E-state index in [9.17, 15) is 0 Å². The van der Waals surface area contributed by atoms with Crippen LogP contribution in [0.4, 0.5) is 17.1 Å². The van der Waals surface area contributed by atoms with Crippen LogP contribution in [0.1, 0.15) is 57.6 Å². The molecule has 0 fully saturated rings. The number of fused-ring (bicyclic) bond motifs is 2. The summed E-state index contributed by atoms with van der Waals surface area (Å²) in [6.45, 7) is 11.4. The molecule has 1 atom stereocenters. The van der Waals surface area contributed by atoms with Crippen LogP contribution in [-0.2, 0) is 0 Å². The number of aromatic nitrogens is 2. The second kappa shape index (κ2) is 9.36. The fraction of sp³-hybridized carbons (Fsp3) is 0.265. The molecule has 0 saturated carbocycles. The van der Waals surface area contributed by atoms with Gasteiger partial charge in [0.2, 0.25) is 0 Å². The predicted octanol–water partition coefficient (Wildman–Crippen LogP) is 8.87. The average molecular weight is 501 g/mol. The summed E-state index contributed by atoms with van der Waals surface area (Å²) in [4.78, 5) is 10.0. The number of rotatable bonds is 5. The van der Waals surface area contributed by atoms with Crippen molar-refractivity contribution in [3.63, 3.8) is 0 Å². The van der Waals surface area contributed by atoms with Crippen LogP contribution in [0, 0.1) is 0 Å². The van der Waals surface area contributed by atoms with Gasteiger partial charge in [-0.2, -0.15) is 0 Å². The molecule has 0 amide bonds. The largest absolute Gasteiger partial charge is 0.353 e. The minimum atomic E-state index is 0.218. The van der Waals surface area contributed by atoms with E-state index >= 15 is 0 Å². The molecule has 0 unspecified atom stereocenters.